The van der Waals surface area contributed by atoms with E-state index in [1.54, 1.807) is 0 Å². The van der Waals surface area contributed by atoms with Crippen LogP contribution in [0.3, 0.4) is 0 Å². The molecule has 1 fully saturated rings. The van der Waals surface area contributed by atoms with Gasteiger partial charge in [0.15, 0.2) is 0 Å². The van der Waals surface area contributed by atoms with Crippen molar-refractivity contribution in [3.05, 3.63) is 0 Å². The maximum atomic E-state index is 6.80. The summed E-state index contributed by atoms with van der Waals surface area (Å²) in [7, 11) is 0. The van der Waals surface area contributed by atoms with Crippen LogP contribution in [0.25, 0.3) is 0 Å². The van der Waals surface area contributed by atoms with Crippen LogP contribution in [0.2, 0.25) is 13.3 Å². The van der Waals surface area contributed by atoms with Crippen LogP contribution in [0.5, 0.6) is 0 Å². The van der Waals surface area contributed by atoms with E-state index in [0.29, 0.717) is 18.1 Å². The number of hydrogen-bond acceptors (Lipinski definition) is 2. The summed E-state index contributed by atoms with van der Waals surface area (Å²) in [5, 5.41) is 0. The van der Waals surface area contributed by atoms with Crippen molar-refractivity contribution in [2.24, 2.45) is 5.92 Å². The molecule has 0 aromatic rings. The van der Waals surface area contributed by atoms with Crippen molar-refractivity contribution < 1.29 is 9.47 Å². The predicted octanol–water partition coefficient (Wildman–Crippen LogP) is 7.36. The van der Waals surface area contributed by atoms with E-state index >= 15 is 0 Å². The Morgan fingerprint density at radius 2 is 1.20 bits per heavy atom. The Morgan fingerprint density at radius 1 is 0.720 bits per heavy atom. The third kappa shape index (κ3) is 7.08. The van der Waals surface area contributed by atoms with E-state index < -0.39 is 18.4 Å². The Labute approximate surface area is 175 Å². The number of hydrogen-bond donors (Lipinski definition) is 0. The second-order valence-electron chi connectivity index (χ2n) is 7.99. The summed E-state index contributed by atoms with van der Waals surface area (Å²) in [6.45, 7) is 11.6. The molecule has 0 aromatic carbocycles. The van der Waals surface area contributed by atoms with Crippen molar-refractivity contribution in [2.75, 3.05) is 4.43 Å². The van der Waals surface area contributed by atoms with E-state index in [1.165, 1.54) is 58.3 Å². The first-order chi connectivity index (χ1) is 12.1. The van der Waals surface area contributed by atoms with E-state index in [-0.39, 0.29) is 4.31 Å². The monoisotopic (exact) mass is 574 g/mol. The molecule has 0 saturated carbocycles. The van der Waals surface area contributed by atoms with Gasteiger partial charge in [0.1, 0.15) is 0 Å². The van der Waals surface area contributed by atoms with E-state index in [2.05, 4.69) is 57.2 Å². The minimum absolute atomic E-state index is 0.214. The molecular weight excluding hydrogens is 530 g/mol. The third-order valence-corrected chi connectivity index (χ3v) is 22.2. The molecule has 2 nitrogen and oxygen atoms in total. The van der Waals surface area contributed by atoms with Gasteiger partial charge in [-0.2, -0.15) is 0 Å². The summed E-state index contributed by atoms with van der Waals surface area (Å²) < 4.78 is 19.3. The molecule has 1 aliphatic heterocycles. The maximum absolute atomic E-state index is 6.80. The summed E-state index contributed by atoms with van der Waals surface area (Å²) in [5.41, 5.74) is 0. The molecule has 0 bridgehead atoms. The molecule has 4 heteroatoms. The Hall–Kier alpha value is 1.45. The summed E-state index contributed by atoms with van der Waals surface area (Å²) >= 11 is 0.0614. The van der Waals surface area contributed by atoms with E-state index in [1.807, 2.05) is 0 Å². The van der Waals surface area contributed by atoms with Gasteiger partial charge in [-0.25, -0.2) is 0 Å². The number of halogens is 1. The van der Waals surface area contributed by atoms with Crippen molar-refractivity contribution in [3.63, 3.8) is 0 Å². The number of ether oxygens (including phenoxy) is 2. The third-order valence-electron chi connectivity index (χ3n) is 6.16. The molecule has 0 amide bonds. The van der Waals surface area contributed by atoms with E-state index in [0.717, 1.165) is 10.8 Å². The normalized spacial score (nSPS) is 27.6. The van der Waals surface area contributed by atoms with Crippen LogP contribution in [-0.2, 0) is 9.47 Å². The van der Waals surface area contributed by atoms with Crippen LogP contribution >= 0.6 is 22.6 Å². The summed E-state index contributed by atoms with van der Waals surface area (Å²) in [6.07, 6.45) is 11.3. The second-order valence-corrected chi connectivity index (χ2v) is 22.3. The molecule has 0 N–H and O–H groups in total. The molecule has 0 spiro atoms. The fourth-order valence-corrected chi connectivity index (χ4v) is 21.2. The van der Waals surface area contributed by atoms with Gasteiger partial charge in [0.05, 0.1) is 0 Å². The van der Waals surface area contributed by atoms with Gasteiger partial charge < -0.3 is 0 Å². The van der Waals surface area contributed by atoms with Crippen LogP contribution < -0.4 is 0 Å². The first-order valence-corrected chi connectivity index (χ1v) is 20.2. The summed E-state index contributed by atoms with van der Waals surface area (Å²) in [5.74, 6) is 0.589. The van der Waals surface area contributed by atoms with Gasteiger partial charge in [-0.1, -0.05) is 0 Å². The van der Waals surface area contributed by atoms with Gasteiger partial charge in [-0.15, -0.1) is 0 Å². The minimum atomic E-state index is -2.48. The van der Waals surface area contributed by atoms with Crippen LogP contribution in [-0.4, -0.2) is 39.3 Å². The SMILES string of the molecule is CCC[CH2][Sn]([CH2]CCC)([CH2]CCC)[C@H]1O[C@@H](CI)[C@@H](CC)[C@@H](CC)O1. The first kappa shape index (κ1) is 24.5. The van der Waals surface area contributed by atoms with Crippen molar-refractivity contribution in [1.82, 2.24) is 0 Å². The zero-order valence-corrected chi connectivity index (χ0v) is 22.5. The molecule has 25 heavy (non-hydrogen) atoms. The van der Waals surface area contributed by atoms with Crippen LogP contribution in [0.4, 0.5) is 0 Å². The van der Waals surface area contributed by atoms with Crippen LogP contribution in [0.15, 0.2) is 0 Å². The molecule has 1 rings (SSSR count). The molecular formula is C21H43IO2Sn. The van der Waals surface area contributed by atoms with Gasteiger partial charge in [-0.05, 0) is 0 Å². The van der Waals surface area contributed by atoms with Crippen LogP contribution in [0, 0.1) is 5.92 Å². The molecule has 1 aliphatic rings. The predicted molar refractivity (Wildman–Crippen MR) is 121 cm³/mol. The fourth-order valence-electron chi connectivity index (χ4n) is 4.47. The van der Waals surface area contributed by atoms with E-state index in [9.17, 15) is 0 Å². The number of rotatable bonds is 13. The van der Waals surface area contributed by atoms with Crippen LogP contribution in [0.1, 0.15) is 86.0 Å². The molecule has 150 valence electrons. The molecule has 0 aliphatic carbocycles. The Kier molecular flexibility index (Phi) is 13.3. The Balaban J connectivity index is 3.07. The number of unbranched alkanes of at least 4 members (excludes halogenated alkanes) is 3. The molecule has 4 atom stereocenters. The fraction of sp³-hybridized carbons (Fsp3) is 1.00. The average Bonchev–Trinajstić information content (AvgIpc) is 2.66. The zero-order valence-electron chi connectivity index (χ0n) is 17.5. The topological polar surface area (TPSA) is 18.5 Å². The van der Waals surface area contributed by atoms with Crippen molar-refractivity contribution >= 4 is 41.0 Å². The summed E-state index contributed by atoms with van der Waals surface area (Å²) in [4.78, 5) is 0. The summed E-state index contributed by atoms with van der Waals surface area (Å²) in [6, 6.07) is 0. The van der Waals surface area contributed by atoms with Gasteiger partial charge in [0.25, 0.3) is 0 Å². The average molecular weight is 573 g/mol. The standard InChI is InChI=1S/C9H16IO2.3C4H9.Sn/c1-3-7-8(4-2)11-6-12-9(7)5-10;3*1-3-4-2;/h6-9H,3-5H2,1-2H3;3*1,3-4H2,2H3;/t7-,8+,9-;;;;/m0..../s1. The molecule has 0 unspecified atom stereocenters. The van der Waals surface area contributed by atoms with Crippen molar-refractivity contribution in [1.29, 1.82) is 0 Å². The van der Waals surface area contributed by atoms with Gasteiger partial charge in [0, 0.05) is 0 Å². The van der Waals surface area contributed by atoms with Gasteiger partial charge in [-0.3, -0.25) is 0 Å². The first-order valence-electron chi connectivity index (χ1n) is 11.0. The zero-order chi connectivity index (χ0) is 18.7. The quantitative estimate of drug-likeness (QED) is 0.130. The molecule has 0 radical (unpaired) electrons. The molecule has 1 saturated heterocycles. The van der Waals surface area contributed by atoms with Gasteiger partial charge in [0.2, 0.25) is 0 Å². The Bertz CT molecular complexity index is 304. The van der Waals surface area contributed by atoms with Crippen molar-refractivity contribution in [3.8, 4) is 0 Å². The van der Waals surface area contributed by atoms with Crippen molar-refractivity contribution in [2.45, 2.75) is 116 Å². The van der Waals surface area contributed by atoms with Gasteiger partial charge >= 0.3 is 177 Å². The van der Waals surface area contributed by atoms with E-state index in [4.69, 9.17) is 9.47 Å². The molecule has 0 aromatic heterocycles. The second kappa shape index (κ2) is 13.6. The Morgan fingerprint density at radius 3 is 1.56 bits per heavy atom. The molecule has 1 heterocycles. The number of alkyl halides is 1.